The smallest absolute Gasteiger partial charge is 0.254 e. The lowest BCUT2D eigenvalue weighted by molar-refractivity contribution is 0.0929. The van der Waals surface area contributed by atoms with Crippen LogP contribution in [0.4, 0.5) is 0 Å². The summed E-state index contributed by atoms with van der Waals surface area (Å²) >= 11 is 0. The van der Waals surface area contributed by atoms with Gasteiger partial charge in [-0.1, -0.05) is 29.8 Å². The topological polar surface area (TPSA) is 62.0 Å². The van der Waals surface area contributed by atoms with E-state index in [1.54, 1.807) is 0 Å². The number of benzene rings is 1. The Kier molecular flexibility index (Phi) is 3.63. The van der Waals surface area contributed by atoms with Crippen molar-refractivity contribution < 1.29 is 9.59 Å². The van der Waals surface area contributed by atoms with Gasteiger partial charge >= 0.3 is 0 Å². The largest absolute Gasteiger partial charge is 0.355 e. The number of carbonyl (C=O) groups is 2. The third-order valence-corrected chi connectivity index (χ3v) is 4.69. The van der Waals surface area contributed by atoms with Gasteiger partial charge in [-0.15, -0.1) is 0 Å². The highest BCUT2D eigenvalue weighted by molar-refractivity contribution is 6.03. The molecule has 4 heteroatoms. The van der Waals surface area contributed by atoms with Crippen LogP contribution in [0.15, 0.2) is 24.3 Å². The summed E-state index contributed by atoms with van der Waals surface area (Å²) in [6.45, 7) is 7.22. The van der Waals surface area contributed by atoms with Gasteiger partial charge in [0.25, 0.3) is 5.91 Å². The summed E-state index contributed by atoms with van der Waals surface area (Å²) in [5.41, 5.74) is 4.68. The number of ketones is 1. The van der Waals surface area contributed by atoms with Gasteiger partial charge < -0.3 is 10.3 Å². The fourth-order valence-electron chi connectivity index (χ4n) is 3.28. The predicted octanol–water partition coefficient (Wildman–Crippen LogP) is 3.56. The molecule has 120 valence electrons. The Bertz CT molecular complexity index is 798. The second-order valence-electron chi connectivity index (χ2n) is 6.59. The van der Waals surface area contributed by atoms with E-state index in [0.29, 0.717) is 11.3 Å². The van der Waals surface area contributed by atoms with Gasteiger partial charge in [0.05, 0.1) is 16.8 Å². The summed E-state index contributed by atoms with van der Waals surface area (Å²) in [5, 5.41) is 3.19. The van der Waals surface area contributed by atoms with Gasteiger partial charge in [-0.3, -0.25) is 9.59 Å². The maximum atomic E-state index is 12.8. The molecule has 23 heavy (non-hydrogen) atoms. The monoisotopic (exact) mass is 310 g/mol. The first-order valence-electron chi connectivity index (χ1n) is 7.94. The van der Waals surface area contributed by atoms with Crippen molar-refractivity contribution in [2.24, 2.45) is 0 Å². The molecule has 2 N–H and O–H groups in total. The van der Waals surface area contributed by atoms with Gasteiger partial charge in [0, 0.05) is 12.6 Å². The Balaban J connectivity index is 1.90. The van der Waals surface area contributed by atoms with E-state index in [4.69, 9.17) is 0 Å². The normalized spacial score (nSPS) is 15.3. The molecule has 0 atom stereocenters. The van der Waals surface area contributed by atoms with E-state index in [0.717, 1.165) is 29.7 Å². The molecule has 0 aliphatic heterocycles. The number of Topliss-reactive ketones (excluding diaryl/α,β-unsaturated/α-hetero) is 1. The van der Waals surface area contributed by atoms with Gasteiger partial charge in [-0.05, 0) is 44.7 Å². The summed E-state index contributed by atoms with van der Waals surface area (Å²) in [5.74, 6) is -0.160. The fraction of sp³-hybridized carbons (Fsp3) is 0.368. The molecule has 1 aliphatic rings. The fourth-order valence-corrected chi connectivity index (χ4v) is 3.28. The maximum absolute atomic E-state index is 12.8. The van der Waals surface area contributed by atoms with Crippen LogP contribution in [0.1, 0.15) is 63.0 Å². The first-order valence-corrected chi connectivity index (χ1v) is 7.94. The van der Waals surface area contributed by atoms with E-state index in [2.05, 4.69) is 35.4 Å². The molecule has 0 saturated heterocycles. The number of amides is 1. The van der Waals surface area contributed by atoms with Crippen LogP contribution in [0.2, 0.25) is 0 Å². The zero-order valence-electron chi connectivity index (χ0n) is 14.0. The summed E-state index contributed by atoms with van der Waals surface area (Å²) in [7, 11) is 0. The van der Waals surface area contributed by atoms with Crippen molar-refractivity contribution in [2.75, 3.05) is 0 Å². The Hall–Kier alpha value is -2.36. The molecule has 0 bridgehead atoms. The number of hydrogen-bond donors (Lipinski definition) is 2. The summed E-state index contributed by atoms with van der Waals surface area (Å²) in [4.78, 5) is 27.5. The molecule has 0 unspecified atom stereocenters. The highest BCUT2D eigenvalue weighted by atomic mass is 16.2. The maximum Gasteiger partial charge on any atom is 0.254 e. The van der Waals surface area contributed by atoms with E-state index in [1.165, 1.54) is 12.5 Å². The van der Waals surface area contributed by atoms with Crippen molar-refractivity contribution in [3.05, 3.63) is 57.9 Å². The number of aromatic nitrogens is 1. The average Bonchev–Trinajstić information content (AvgIpc) is 3.18. The molecule has 1 saturated carbocycles. The SMILES string of the molecule is CC(=O)c1[nH]c(C)c(C(=O)NC2(c3cccc(C)c3)CC2)c1C. The Morgan fingerprint density at radius 3 is 2.39 bits per heavy atom. The standard InChI is InChI=1S/C19H22N2O2/c1-11-6-5-7-15(10-11)19(8-9-19)21-18(23)16-12(2)17(14(4)22)20-13(16)3/h5-7,10,20H,8-9H2,1-4H3,(H,21,23). The number of aromatic amines is 1. The van der Waals surface area contributed by atoms with E-state index in [9.17, 15) is 9.59 Å². The zero-order valence-corrected chi connectivity index (χ0v) is 14.0. The lowest BCUT2D eigenvalue weighted by Gasteiger charge is -2.19. The molecule has 1 amide bonds. The van der Waals surface area contributed by atoms with E-state index in [-0.39, 0.29) is 17.2 Å². The van der Waals surface area contributed by atoms with Crippen molar-refractivity contribution in [1.82, 2.24) is 10.3 Å². The van der Waals surface area contributed by atoms with Crippen LogP contribution in [-0.4, -0.2) is 16.7 Å². The van der Waals surface area contributed by atoms with Crippen LogP contribution in [0.3, 0.4) is 0 Å². The number of carbonyl (C=O) groups excluding carboxylic acids is 2. The summed E-state index contributed by atoms with van der Waals surface area (Å²) in [6, 6.07) is 8.28. The van der Waals surface area contributed by atoms with Crippen LogP contribution in [0, 0.1) is 20.8 Å². The summed E-state index contributed by atoms with van der Waals surface area (Å²) in [6.07, 6.45) is 1.90. The Morgan fingerprint density at radius 1 is 1.17 bits per heavy atom. The van der Waals surface area contributed by atoms with Gasteiger partial charge in [0.15, 0.2) is 5.78 Å². The second-order valence-corrected chi connectivity index (χ2v) is 6.59. The molecule has 1 aromatic carbocycles. The van der Waals surface area contributed by atoms with Crippen molar-refractivity contribution in [3.63, 3.8) is 0 Å². The molecule has 1 heterocycles. The van der Waals surface area contributed by atoms with Crippen molar-refractivity contribution in [2.45, 2.75) is 46.1 Å². The number of nitrogens with one attached hydrogen (secondary N) is 2. The number of hydrogen-bond acceptors (Lipinski definition) is 2. The third-order valence-electron chi connectivity index (χ3n) is 4.69. The van der Waals surface area contributed by atoms with Crippen molar-refractivity contribution in [3.8, 4) is 0 Å². The molecule has 1 aromatic heterocycles. The average molecular weight is 310 g/mol. The zero-order chi connectivity index (χ0) is 16.8. The van der Waals surface area contributed by atoms with Gasteiger partial charge in [0.1, 0.15) is 0 Å². The van der Waals surface area contributed by atoms with E-state index < -0.39 is 0 Å². The quantitative estimate of drug-likeness (QED) is 0.848. The minimum atomic E-state index is -0.254. The van der Waals surface area contributed by atoms with Crippen molar-refractivity contribution in [1.29, 1.82) is 0 Å². The van der Waals surface area contributed by atoms with Crippen molar-refractivity contribution >= 4 is 11.7 Å². The van der Waals surface area contributed by atoms with Crippen LogP contribution >= 0.6 is 0 Å². The second kappa shape index (κ2) is 5.37. The first kappa shape index (κ1) is 15.5. The molecule has 1 fully saturated rings. The first-order chi connectivity index (χ1) is 10.8. The summed E-state index contributed by atoms with van der Waals surface area (Å²) < 4.78 is 0. The van der Waals surface area contributed by atoms with Gasteiger partial charge in [-0.2, -0.15) is 0 Å². The Labute approximate surface area is 136 Å². The Morgan fingerprint density at radius 2 is 1.87 bits per heavy atom. The van der Waals surface area contributed by atoms with Crippen LogP contribution in [0.5, 0.6) is 0 Å². The van der Waals surface area contributed by atoms with Gasteiger partial charge in [-0.25, -0.2) is 0 Å². The number of H-pyrrole nitrogens is 1. The molecular formula is C19H22N2O2. The minimum absolute atomic E-state index is 0.0514. The van der Waals surface area contributed by atoms with Gasteiger partial charge in [0.2, 0.25) is 0 Å². The predicted molar refractivity (Wildman–Crippen MR) is 89.8 cm³/mol. The molecule has 2 aromatic rings. The lowest BCUT2D eigenvalue weighted by Crippen LogP contribution is -2.35. The lowest BCUT2D eigenvalue weighted by atomic mass is 10.0. The molecule has 0 spiro atoms. The molecule has 1 aliphatic carbocycles. The van der Waals surface area contributed by atoms with Crippen LogP contribution < -0.4 is 5.32 Å². The third kappa shape index (κ3) is 2.69. The van der Waals surface area contributed by atoms with E-state index >= 15 is 0 Å². The molecule has 0 radical (unpaired) electrons. The molecular weight excluding hydrogens is 288 g/mol. The highest BCUT2D eigenvalue weighted by Gasteiger charge is 2.46. The molecule has 4 nitrogen and oxygen atoms in total. The molecule has 3 rings (SSSR count). The number of rotatable bonds is 4. The minimum Gasteiger partial charge on any atom is -0.355 e. The van der Waals surface area contributed by atoms with E-state index in [1.807, 2.05) is 19.9 Å². The van der Waals surface area contributed by atoms with Crippen LogP contribution in [0.25, 0.3) is 0 Å². The number of aryl methyl sites for hydroxylation is 2. The highest BCUT2D eigenvalue weighted by Crippen LogP contribution is 2.46. The van der Waals surface area contributed by atoms with Crippen LogP contribution in [-0.2, 0) is 5.54 Å².